The fourth-order valence-corrected chi connectivity index (χ4v) is 2.96. The molecule has 0 aromatic heterocycles. The van der Waals surface area contributed by atoms with Gasteiger partial charge < -0.3 is 9.84 Å². The van der Waals surface area contributed by atoms with Crippen molar-refractivity contribution >= 4 is 5.97 Å². The van der Waals surface area contributed by atoms with Crippen LogP contribution in [0.4, 0.5) is 0 Å². The highest BCUT2D eigenvalue weighted by Gasteiger charge is 2.16. The van der Waals surface area contributed by atoms with Gasteiger partial charge in [0.1, 0.15) is 11.3 Å². The number of phenols is 1. The summed E-state index contributed by atoms with van der Waals surface area (Å²) in [6, 6.07) is 5.22. The number of esters is 1. The number of methoxy groups -OCH3 is 1. The van der Waals surface area contributed by atoms with E-state index in [0.717, 1.165) is 36.7 Å². The van der Waals surface area contributed by atoms with E-state index in [1.54, 1.807) is 6.07 Å². The average molecular weight is 320 g/mol. The van der Waals surface area contributed by atoms with E-state index in [-0.39, 0.29) is 5.75 Å². The van der Waals surface area contributed by atoms with Crippen LogP contribution in [0.25, 0.3) is 0 Å². The molecule has 0 spiro atoms. The van der Waals surface area contributed by atoms with Crippen LogP contribution >= 0.6 is 0 Å². The summed E-state index contributed by atoms with van der Waals surface area (Å²) in [5.41, 5.74) is 1.20. The SMILES string of the molecule is COC(=O)c1c(O)cccc1CCCCC(C)CCCC(C)C. The number of ether oxygens (including phenoxy) is 1. The summed E-state index contributed by atoms with van der Waals surface area (Å²) in [6.07, 6.45) is 8.15. The molecule has 0 aliphatic heterocycles. The molecule has 1 unspecified atom stereocenters. The summed E-state index contributed by atoms with van der Waals surface area (Å²) in [5.74, 6) is 1.11. The average Bonchev–Trinajstić information content (AvgIpc) is 2.50. The number of hydrogen-bond donors (Lipinski definition) is 1. The molecule has 0 amide bonds. The first-order valence-corrected chi connectivity index (χ1v) is 8.84. The molecule has 0 saturated heterocycles. The summed E-state index contributed by atoms with van der Waals surface area (Å²) in [7, 11) is 1.34. The van der Waals surface area contributed by atoms with E-state index in [0.29, 0.717) is 5.56 Å². The van der Waals surface area contributed by atoms with Gasteiger partial charge in [-0.2, -0.15) is 0 Å². The maximum Gasteiger partial charge on any atom is 0.341 e. The number of aromatic hydroxyl groups is 1. The molecule has 1 atom stereocenters. The van der Waals surface area contributed by atoms with Gasteiger partial charge in [-0.05, 0) is 36.3 Å². The first-order valence-electron chi connectivity index (χ1n) is 8.84. The van der Waals surface area contributed by atoms with Gasteiger partial charge in [0.2, 0.25) is 0 Å². The van der Waals surface area contributed by atoms with Crippen molar-refractivity contribution < 1.29 is 14.6 Å². The zero-order chi connectivity index (χ0) is 17.2. The molecule has 0 heterocycles. The molecular formula is C20H32O3. The van der Waals surface area contributed by atoms with E-state index in [4.69, 9.17) is 4.74 Å². The number of phenolic OH excluding ortho intramolecular Hbond substituents is 1. The van der Waals surface area contributed by atoms with E-state index in [1.165, 1.54) is 38.9 Å². The van der Waals surface area contributed by atoms with Crippen LogP contribution in [0.1, 0.15) is 75.2 Å². The van der Waals surface area contributed by atoms with E-state index >= 15 is 0 Å². The molecular weight excluding hydrogens is 288 g/mol. The normalized spacial score (nSPS) is 12.4. The number of rotatable bonds is 10. The Kier molecular flexibility index (Phi) is 8.75. The zero-order valence-corrected chi connectivity index (χ0v) is 15.1. The third-order valence-corrected chi connectivity index (χ3v) is 4.39. The number of carbonyl (C=O) groups excluding carboxylic acids is 1. The Morgan fingerprint density at radius 1 is 1.09 bits per heavy atom. The smallest absolute Gasteiger partial charge is 0.341 e. The first-order chi connectivity index (χ1) is 11.0. The highest BCUT2D eigenvalue weighted by atomic mass is 16.5. The zero-order valence-electron chi connectivity index (χ0n) is 15.1. The molecule has 0 radical (unpaired) electrons. The van der Waals surface area contributed by atoms with E-state index < -0.39 is 5.97 Å². The third-order valence-electron chi connectivity index (χ3n) is 4.39. The van der Waals surface area contributed by atoms with Gasteiger partial charge in [-0.3, -0.25) is 0 Å². The number of carbonyl (C=O) groups is 1. The molecule has 0 fully saturated rings. The van der Waals surface area contributed by atoms with Crippen molar-refractivity contribution in [3.63, 3.8) is 0 Å². The van der Waals surface area contributed by atoms with Crippen molar-refractivity contribution in [2.45, 2.75) is 65.7 Å². The highest BCUT2D eigenvalue weighted by molar-refractivity contribution is 5.94. The Morgan fingerprint density at radius 2 is 1.78 bits per heavy atom. The Balaban J connectivity index is 2.39. The summed E-state index contributed by atoms with van der Waals surface area (Å²) >= 11 is 0. The van der Waals surface area contributed by atoms with Crippen molar-refractivity contribution in [2.75, 3.05) is 7.11 Å². The van der Waals surface area contributed by atoms with Crippen LogP contribution in [-0.2, 0) is 11.2 Å². The second-order valence-electron chi connectivity index (χ2n) is 6.98. The number of unbranched alkanes of at least 4 members (excludes halogenated alkanes) is 1. The van der Waals surface area contributed by atoms with Crippen LogP contribution in [-0.4, -0.2) is 18.2 Å². The summed E-state index contributed by atoms with van der Waals surface area (Å²) in [4.78, 5) is 11.8. The molecule has 0 bridgehead atoms. The Bertz CT molecular complexity index is 480. The molecule has 1 aromatic carbocycles. The predicted octanol–water partition coefficient (Wildman–Crippen LogP) is 5.35. The number of hydrogen-bond acceptors (Lipinski definition) is 3. The van der Waals surface area contributed by atoms with Gasteiger partial charge in [-0.1, -0.05) is 65.0 Å². The summed E-state index contributed by atoms with van der Waals surface area (Å²) < 4.78 is 4.77. The third kappa shape index (κ3) is 7.06. The monoisotopic (exact) mass is 320 g/mol. The molecule has 1 N–H and O–H groups in total. The van der Waals surface area contributed by atoms with E-state index in [1.807, 2.05) is 6.07 Å². The van der Waals surface area contributed by atoms with Gasteiger partial charge in [0.15, 0.2) is 0 Å². The molecule has 3 nitrogen and oxygen atoms in total. The van der Waals surface area contributed by atoms with Gasteiger partial charge in [-0.25, -0.2) is 4.79 Å². The lowest BCUT2D eigenvalue weighted by atomic mass is 9.94. The van der Waals surface area contributed by atoms with Crippen molar-refractivity contribution in [3.05, 3.63) is 29.3 Å². The van der Waals surface area contributed by atoms with Gasteiger partial charge in [0, 0.05) is 0 Å². The lowest BCUT2D eigenvalue weighted by Crippen LogP contribution is -2.06. The summed E-state index contributed by atoms with van der Waals surface area (Å²) in [5, 5.41) is 9.88. The molecule has 0 aliphatic carbocycles. The van der Waals surface area contributed by atoms with Crippen LogP contribution < -0.4 is 0 Å². The minimum absolute atomic E-state index is 0.0106. The fourth-order valence-electron chi connectivity index (χ4n) is 2.96. The van der Waals surface area contributed by atoms with Crippen LogP contribution in [0.15, 0.2) is 18.2 Å². The topological polar surface area (TPSA) is 46.5 Å². The largest absolute Gasteiger partial charge is 0.507 e. The molecule has 0 aliphatic rings. The lowest BCUT2D eigenvalue weighted by molar-refractivity contribution is 0.0596. The van der Waals surface area contributed by atoms with Crippen LogP contribution in [0.2, 0.25) is 0 Å². The minimum atomic E-state index is -0.458. The molecule has 0 saturated carbocycles. The quantitative estimate of drug-likeness (QED) is 0.466. The highest BCUT2D eigenvalue weighted by Crippen LogP contribution is 2.24. The maximum absolute atomic E-state index is 11.8. The first kappa shape index (κ1) is 19.5. The maximum atomic E-state index is 11.8. The molecule has 23 heavy (non-hydrogen) atoms. The van der Waals surface area contributed by atoms with Crippen molar-refractivity contribution in [1.82, 2.24) is 0 Å². The van der Waals surface area contributed by atoms with Crippen molar-refractivity contribution in [1.29, 1.82) is 0 Å². The number of aryl methyl sites for hydroxylation is 1. The van der Waals surface area contributed by atoms with Crippen LogP contribution in [0.3, 0.4) is 0 Å². The van der Waals surface area contributed by atoms with Gasteiger partial charge in [0.25, 0.3) is 0 Å². The Morgan fingerprint density at radius 3 is 2.43 bits per heavy atom. The standard InChI is InChI=1S/C20H32O3/c1-15(2)9-7-11-16(3)10-5-6-12-17-13-8-14-18(21)19(17)20(22)23-4/h8,13-16,21H,5-7,9-12H2,1-4H3. The lowest BCUT2D eigenvalue weighted by Gasteiger charge is -2.13. The van der Waals surface area contributed by atoms with Gasteiger partial charge in [0.05, 0.1) is 7.11 Å². The number of benzene rings is 1. The van der Waals surface area contributed by atoms with Gasteiger partial charge in [-0.15, -0.1) is 0 Å². The molecule has 1 aromatic rings. The van der Waals surface area contributed by atoms with Gasteiger partial charge >= 0.3 is 5.97 Å². The predicted molar refractivity (Wildman–Crippen MR) is 94.9 cm³/mol. The minimum Gasteiger partial charge on any atom is -0.507 e. The summed E-state index contributed by atoms with van der Waals surface area (Å²) in [6.45, 7) is 6.88. The fraction of sp³-hybridized carbons (Fsp3) is 0.650. The van der Waals surface area contributed by atoms with Crippen molar-refractivity contribution in [3.8, 4) is 5.75 Å². The second kappa shape index (κ2) is 10.3. The van der Waals surface area contributed by atoms with E-state index in [2.05, 4.69) is 20.8 Å². The molecule has 130 valence electrons. The molecule has 1 rings (SSSR count). The van der Waals surface area contributed by atoms with Crippen LogP contribution in [0, 0.1) is 11.8 Å². The van der Waals surface area contributed by atoms with Crippen LogP contribution in [0.5, 0.6) is 5.75 Å². The Labute approximate surface area is 141 Å². The molecule has 3 heteroatoms. The Hall–Kier alpha value is -1.51. The second-order valence-corrected chi connectivity index (χ2v) is 6.98. The van der Waals surface area contributed by atoms with Crippen molar-refractivity contribution in [2.24, 2.45) is 11.8 Å². The van der Waals surface area contributed by atoms with E-state index in [9.17, 15) is 9.90 Å².